The van der Waals surface area contributed by atoms with Gasteiger partial charge in [0, 0.05) is 0 Å². The maximum absolute atomic E-state index is 11.3. The zero-order chi connectivity index (χ0) is 23.3. The van der Waals surface area contributed by atoms with E-state index in [1.54, 1.807) is 0 Å². The zero-order valence-electron chi connectivity index (χ0n) is 20.7. The van der Waals surface area contributed by atoms with Crippen LogP contribution >= 0.6 is 7.94 Å². The first-order chi connectivity index (χ1) is 15.3. The first kappa shape index (κ1) is 26.7. The number of para-hydroxylation sites is 1. The monoisotopic (exact) mass is 459 g/mol. The van der Waals surface area contributed by atoms with Crippen LogP contribution in [0.2, 0.25) is 0 Å². The highest BCUT2D eigenvalue weighted by atomic mass is 31.2. The van der Waals surface area contributed by atoms with Gasteiger partial charge in [-0.15, -0.1) is 0 Å². The Bertz CT molecular complexity index is 740. The van der Waals surface area contributed by atoms with Gasteiger partial charge in [-0.2, -0.15) is 4.89 Å². The van der Waals surface area contributed by atoms with Crippen LogP contribution in [0.1, 0.15) is 97.5 Å². The molecule has 0 aliphatic rings. The summed E-state index contributed by atoms with van der Waals surface area (Å²) in [5.41, 5.74) is 1.32. The predicted molar refractivity (Wildman–Crippen MR) is 139 cm³/mol. The number of hydrogen-bond acceptors (Lipinski definition) is 3. The summed E-state index contributed by atoms with van der Waals surface area (Å²) in [7, 11) is -3.04. The quantitative estimate of drug-likeness (QED) is 0.213. The lowest BCUT2D eigenvalue weighted by Crippen LogP contribution is -2.13. The molecule has 0 fully saturated rings. The Morgan fingerprint density at radius 1 is 0.656 bits per heavy atom. The third-order valence-corrected chi connectivity index (χ3v) is 7.63. The van der Waals surface area contributed by atoms with Crippen molar-refractivity contribution in [2.45, 2.75) is 97.3 Å². The highest BCUT2D eigenvalue weighted by Gasteiger charge is 2.43. The van der Waals surface area contributed by atoms with Gasteiger partial charge in [0.05, 0.1) is 0 Å². The summed E-state index contributed by atoms with van der Waals surface area (Å²) in [4.78, 5) is 11.3. The molecule has 0 aliphatic heterocycles. The minimum absolute atomic E-state index is 0.0838. The van der Waals surface area contributed by atoms with E-state index in [2.05, 4.69) is 39.8 Å². The minimum atomic E-state index is -3.04. The number of rotatable bonds is 15. The molecule has 1 atom stereocenters. The molecule has 32 heavy (non-hydrogen) atoms. The van der Waals surface area contributed by atoms with E-state index in [4.69, 9.17) is 9.05 Å². The molecule has 0 aliphatic carbocycles. The van der Waals surface area contributed by atoms with Crippen molar-refractivity contribution in [3.63, 3.8) is 0 Å². The van der Waals surface area contributed by atoms with E-state index in [-0.39, 0.29) is 5.41 Å². The Morgan fingerprint density at radius 3 is 1.62 bits per heavy atom. The van der Waals surface area contributed by atoms with E-state index in [1.165, 1.54) is 56.9 Å². The van der Waals surface area contributed by atoms with Gasteiger partial charge in [0.25, 0.3) is 0 Å². The predicted octanol–water partition coefficient (Wildman–Crippen LogP) is 9.12. The lowest BCUT2D eigenvalue weighted by Gasteiger charge is -2.20. The van der Waals surface area contributed by atoms with Crippen molar-refractivity contribution in [1.29, 1.82) is 0 Å². The van der Waals surface area contributed by atoms with Crippen LogP contribution in [-0.4, -0.2) is 11.1 Å². The van der Waals surface area contributed by atoms with Crippen LogP contribution in [0.15, 0.2) is 54.6 Å². The molecule has 0 bridgehead atoms. The molecule has 0 amide bonds. The van der Waals surface area contributed by atoms with Crippen LogP contribution < -0.4 is 9.05 Å². The number of unbranched alkanes of at least 4 members (excludes halogenated alkanes) is 9. The normalized spacial score (nSPS) is 13.5. The van der Waals surface area contributed by atoms with Crippen LogP contribution in [0.5, 0.6) is 11.5 Å². The van der Waals surface area contributed by atoms with Gasteiger partial charge in [0.15, 0.2) is 17.7 Å². The van der Waals surface area contributed by atoms with Crippen molar-refractivity contribution >= 4 is 7.94 Å². The van der Waals surface area contributed by atoms with Crippen molar-refractivity contribution in [1.82, 2.24) is 0 Å². The number of benzene rings is 2. The Kier molecular flexibility index (Phi) is 11.6. The van der Waals surface area contributed by atoms with Crippen LogP contribution in [-0.2, 0) is 5.41 Å². The van der Waals surface area contributed by atoms with Gasteiger partial charge in [0.2, 0.25) is 0 Å². The highest BCUT2D eigenvalue weighted by Crippen LogP contribution is 2.56. The molecule has 4 heteroatoms. The van der Waals surface area contributed by atoms with Gasteiger partial charge in [0.1, 0.15) is 0 Å². The summed E-state index contributed by atoms with van der Waals surface area (Å²) < 4.78 is 12.1. The maximum atomic E-state index is 11.3. The van der Waals surface area contributed by atoms with Crippen molar-refractivity contribution in [3.8, 4) is 11.5 Å². The molecule has 0 spiro atoms. The molecule has 2 aromatic carbocycles. The molecule has 178 valence electrons. The van der Waals surface area contributed by atoms with Crippen LogP contribution in [0.4, 0.5) is 0 Å². The zero-order valence-corrected chi connectivity index (χ0v) is 21.6. The smallest absolute Gasteiger partial charge is 0.278 e. The lowest BCUT2D eigenvalue weighted by molar-refractivity contribution is 0.344. The molecule has 0 saturated heterocycles. The molecule has 1 unspecified atom stereocenters. The second-order valence-electron chi connectivity index (χ2n) is 9.81. The summed E-state index contributed by atoms with van der Waals surface area (Å²) in [5, 5.41) is 0. The first-order valence-electron chi connectivity index (χ1n) is 12.5. The molecule has 2 aromatic rings. The summed E-state index contributed by atoms with van der Waals surface area (Å²) in [5.74, 6) is 1.32. The van der Waals surface area contributed by atoms with E-state index in [0.717, 1.165) is 12.8 Å². The fourth-order valence-electron chi connectivity index (χ4n) is 3.74. The van der Waals surface area contributed by atoms with Gasteiger partial charge >= 0.3 is 7.94 Å². The van der Waals surface area contributed by atoms with Crippen LogP contribution in [0.3, 0.4) is 0 Å². The third-order valence-electron chi connectivity index (χ3n) is 5.75. The Balaban J connectivity index is 1.87. The van der Waals surface area contributed by atoms with Gasteiger partial charge in [-0.1, -0.05) is 109 Å². The maximum Gasteiger partial charge on any atom is 0.495 e. The first-order valence-corrected chi connectivity index (χ1v) is 14.2. The molecule has 1 N–H and O–H groups in total. The fraction of sp³-hybridized carbons (Fsp3) is 0.571. The van der Waals surface area contributed by atoms with E-state index in [0.29, 0.717) is 17.7 Å². The van der Waals surface area contributed by atoms with Gasteiger partial charge < -0.3 is 0 Å². The van der Waals surface area contributed by atoms with Crippen molar-refractivity contribution < 1.29 is 13.9 Å². The van der Waals surface area contributed by atoms with E-state index >= 15 is 0 Å². The average Bonchev–Trinajstić information content (AvgIpc) is 2.75. The van der Waals surface area contributed by atoms with E-state index in [9.17, 15) is 4.89 Å². The Hall–Kier alpha value is -1.57. The summed E-state index contributed by atoms with van der Waals surface area (Å²) in [6.45, 7) is 8.83. The van der Waals surface area contributed by atoms with Crippen LogP contribution in [0.25, 0.3) is 0 Å². The van der Waals surface area contributed by atoms with Crippen molar-refractivity contribution in [2.75, 3.05) is 6.16 Å². The standard InChI is InChI=1S/C28H44O3P/c1-5-6-7-8-9-10-11-12-13-17-24-32(29,30-26-18-15-14-16-19-26)31-27-22-20-25(21-23-27)28(2,3)4/h14-16,18-23,29H,5-13,17,24H2,1-4H3/q+1. The highest BCUT2D eigenvalue weighted by molar-refractivity contribution is 7.61. The summed E-state index contributed by atoms with van der Waals surface area (Å²) >= 11 is 0. The molecular weight excluding hydrogens is 415 g/mol. The van der Waals surface area contributed by atoms with Gasteiger partial charge in [-0.05, 0) is 48.1 Å². The van der Waals surface area contributed by atoms with Crippen molar-refractivity contribution in [3.05, 3.63) is 60.2 Å². The Labute approximate surface area is 197 Å². The van der Waals surface area contributed by atoms with Crippen molar-refractivity contribution in [2.24, 2.45) is 0 Å². The average molecular weight is 460 g/mol. The topological polar surface area (TPSA) is 38.7 Å². The van der Waals surface area contributed by atoms with Gasteiger partial charge in [-0.25, -0.2) is 0 Å². The van der Waals surface area contributed by atoms with Gasteiger partial charge in [-0.3, -0.25) is 9.05 Å². The molecule has 0 saturated carbocycles. The molecule has 0 aromatic heterocycles. The Morgan fingerprint density at radius 2 is 1.12 bits per heavy atom. The molecule has 3 nitrogen and oxygen atoms in total. The lowest BCUT2D eigenvalue weighted by atomic mass is 9.87. The minimum Gasteiger partial charge on any atom is -0.278 e. The second kappa shape index (κ2) is 13.9. The van der Waals surface area contributed by atoms with E-state index in [1.807, 2.05) is 42.5 Å². The molecule has 0 radical (unpaired) electrons. The fourth-order valence-corrected chi connectivity index (χ4v) is 5.48. The SMILES string of the molecule is CCCCCCCCCCCC[P+](O)(Oc1ccccc1)Oc1ccc(C(C)(C)C)cc1. The second-order valence-corrected chi connectivity index (χ2v) is 11.9. The van der Waals surface area contributed by atoms with Crippen LogP contribution in [0, 0.1) is 0 Å². The molecule has 0 heterocycles. The number of hydrogen-bond donors (Lipinski definition) is 1. The summed E-state index contributed by atoms with van der Waals surface area (Å²) in [6.07, 6.45) is 13.1. The third kappa shape index (κ3) is 10.4. The largest absolute Gasteiger partial charge is 0.495 e. The van der Waals surface area contributed by atoms with E-state index < -0.39 is 7.94 Å². The molecule has 2 rings (SSSR count). The summed E-state index contributed by atoms with van der Waals surface area (Å²) in [6, 6.07) is 17.5. The molecular formula is C28H44O3P+.